The van der Waals surface area contributed by atoms with E-state index in [9.17, 15) is 9.90 Å². The van der Waals surface area contributed by atoms with Crippen LogP contribution < -0.4 is 9.67 Å². The zero-order valence-corrected chi connectivity index (χ0v) is 7.27. The predicted octanol–water partition coefficient (Wildman–Crippen LogP) is -0.273. The first-order valence-electron chi connectivity index (χ1n) is 3.36. The summed E-state index contributed by atoms with van der Waals surface area (Å²) in [6, 6.07) is 0. The van der Waals surface area contributed by atoms with Gasteiger partial charge in [-0.2, -0.15) is 4.57 Å². The van der Waals surface area contributed by atoms with Crippen molar-refractivity contribution in [2.45, 2.75) is 20.4 Å². The van der Waals surface area contributed by atoms with E-state index in [4.69, 9.17) is 0 Å². The molecule has 0 unspecified atom stereocenters. The van der Waals surface area contributed by atoms with E-state index in [1.165, 1.54) is 11.3 Å². The molecule has 0 N–H and O–H groups in total. The van der Waals surface area contributed by atoms with E-state index < -0.39 is 5.97 Å². The number of rotatable bonds is 2. The van der Waals surface area contributed by atoms with Crippen molar-refractivity contribution >= 4 is 17.3 Å². The summed E-state index contributed by atoms with van der Waals surface area (Å²) in [5.74, 6) is -1.09. The molecule has 1 rings (SSSR count). The Kier molecular flexibility index (Phi) is 2.24. The van der Waals surface area contributed by atoms with Crippen molar-refractivity contribution in [3.63, 3.8) is 0 Å². The van der Waals surface area contributed by atoms with Crippen LogP contribution in [0.5, 0.6) is 0 Å². The molecule has 0 saturated carbocycles. The molecule has 1 aromatic rings. The molecular formula is C7H9NO2S. The van der Waals surface area contributed by atoms with Crippen molar-refractivity contribution in [3.8, 4) is 0 Å². The minimum Gasteiger partial charge on any atom is -0.539 e. The van der Waals surface area contributed by atoms with E-state index in [1.807, 2.05) is 19.2 Å². The lowest BCUT2D eigenvalue weighted by molar-refractivity contribution is -0.698. The fourth-order valence-electron chi connectivity index (χ4n) is 0.980. The maximum atomic E-state index is 10.5. The third-order valence-corrected chi connectivity index (χ3v) is 2.57. The molecule has 4 heteroatoms. The van der Waals surface area contributed by atoms with Gasteiger partial charge in [0.15, 0.2) is 11.7 Å². The van der Waals surface area contributed by atoms with E-state index in [0.29, 0.717) is 11.6 Å². The second kappa shape index (κ2) is 3.00. The molecule has 3 nitrogen and oxygen atoms in total. The summed E-state index contributed by atoms with van der Waals surface area (Å²) < 4.78 is 1.72. The largest absolute Gasteiger partial charge is 0.539 e. The maximum absolute atomic E-state index is 10.5. The van der Waals surface area contributed by atoms with Crippen LogP contribution in [0.1, 0.15) is 22.4 Å². The second-order valence-corrected chi connectivity index (χ2v) is 3.07. The SMILES string of the molecule is CC[n+]1c(C)csc1C(=O)[O-]. The quantitative estimate of drug-likeness (QED) is 0.575. The van der Waals surface area contributed by atoms with Gasteiger partial charge in [-0.1, -0.05) is 11.3 Å². The van der Waals surface area contributed by atoms with Crippen molar-refractivity contribution in [1.29, 1.82) is 0 Å². The van der Waals surface area contributed by atoms with Gasteiger partial charge in [-0.3, -0.25) is 0 Å². The first-order chi connectivity index (χ1) is 5.16. The van der Waals surface area contributed by atoms with Crippen LogP contribution in [0.3, 0.4) is 0 Å². The first-order valence-corrected chi connectivity index (χ1v) is 4.24. The highest BCUT2D eigenvalue weighted by Crippen LogP contribution is 2.04. The highest BCUT2D eigenvalue weighted by Gasteiger charge is 2.15. The number of carboxylic acid groups (broad SMARTS) is 1. The number of hydrogen-bond donors (Lipinski definition) is 0. The Morgan fingerprint density at radius 1 is 1.82 bits per heavy atom. The number of aromatic nitrogens is 1. The van der Waals surface area contributed by atoms with Gasteiger partial charge in [-0.05, 0) is 6.92 Å². The fraction of sp³-hybridized carbons (Fsp3) is 0.429. The summed E-state index contributed by atoms with van der Waals surface area (Å²) in [5.41, 5.74) is 0.969. The Hall–Kier alpha value is -0.900. The van der Waals surface area contributed by atoms with E-state index in [-0.39, 0.29) is 0 Å². The van der Waals surface area contributed by atoms with Crippen molar-refractivity contribution in [3.05, 3.63) is 16.1 Å². The van der Waals surface area contributed by atoms with Crippen LogP contribution in [0.15, 0.2) is 5.38 Å². The molecule has 0 aliphatic carbocycles. The molecule has 0 aliphatic heterocycles. The fourth-order valence-corrected chi connectivity index (χ4v) is 1.89. The molecule has 0 aliphatic rings. The third-order valence-electron chi connectivity index (χ3n) is 1.50. The van der Waals surface area contributed by atoms with Crippen molar-refractivity contribution < 1.29 is 14.5 Å². The van der Waals surface area contributed by atoms with Gasteiger partial charge in [-0.25, -0.2) is 0 Å². The third kappa shape index (κ3) is 1.40. The van der Waals surface area contributed by atoms with E-state index in [0.717, 1.165) is 5.69 Å². The van der Waals surface area contributed by atoms with Crippen LogP contribution in [0, 0.1) is 6.92 Å². The van der Waals surface area contributed by atoms with Crippen LogP contribution in [-0.2, 0) is 6.54 Å². The number of thiazole rings is 1. The van der Waals surface area contributed by atoms with Crippen LogP contribution in [0.2, 0.25) is 0 Å². The van der Waals surface area contributed by atoms with Crippen molar-refractivity contribution in [2.75, 3.05) is 0 Å². The monoisotopic (exact) mass is 171 g/mol. The summed E-state index contributed by atoms with van der Waals surface area (Å²) >= 11 is 1.21. The van der Waals surface area contributed by atoms with Crippen LogP contribution in [0.4, 0.5) is 0 Å². The zero-order chi connectivity index (χ0) is 8.43. The van der Waals surface area contributed by atoms with Crippen molar-refractivity contribution in [2.24, 2.45) is 0 Å². The van der Waals surface area contributed by atoms with Gasteiger partial charge in [0.05, 0.1) is 5.38 Å². The Morgan fingerprint density at radius 3 is 2.82 bits per heavy atom. The smallest absolute Gasteiger partial charge is 0.285 e. The molecule has 60 valence electrons. The number of aryl methyl sites for hydroxylation is 1. The van der Waals surface area contributed by atoms with Gasteiger partial charge in [0, 0.05) is 6.92 Å². The molecular weight excluding hydrogens is 162 g/mol. The van der Waals surface area contributed by atoms with Gasteiger partial charge >= 0.3 is 0 Å². The summed E-state index contributed by atoms with van der Waals surface area (Å²) in [4.78, 5) is 10.5. The lowest BCUT2D eigenvalue weighted by atomic mass is 10.5. The Balaban J connectivity index is 3.15. The average Bonchev–Trinajstić information content (AvgIpc) is 2.30. The molecule has 0 fully saturated rings. The highest BCUT2D eigenvalue weighted by atomic mass is 32.1. The molecule has 0 atom stereocenters. The number of carbonyl (C=O) groups excluding carboxylic acids is 1. The molecule has 0 spiro atoms. The minimum absolute atomic E-state index is 0.296. The summed E-state index contributed by atoms with van der Waals surface area (Å²) in [7, 11) is 0. The normalized spacial score (nSPS) is 10.0. The molecule has 0 radical (unpaired) electrons. The number of carboxylic acids is 1. The topological polar surface area (TPSA) is 44.0 Å². The first kappa shape index (κ1) is 8.20. The summed E-state index contributed by atoms with van der Waals surface area (Å²) in [5, 5.41) is 12.6. The van der Waals surface area contributed by atoms with Crippen LogP contribution >= 0.6 is 11.3 Å². The van der Waals surface area contributed by atoms with Gasteiger partial charge < -0.3 is 9.90 Å². The lowest BCUT2D eigenvalue weighted by Crippen LogP contribution is -2.43. The van der Waals surface area contributed by atoms with Gasteiger partial charge in [0.1, 0.15) is 6.54 Å². The van der Waals surface area contributed by atoms with Gasteiger partial charge in [0.25, 0.3) is 5.01 Å². The second-order valence-electron chi connectivity index (χ2n) is 2.21. The standard InChI is InChI=1S/C7H9NO2S/c1-3-8-5(2)4-11-6(8)7(9)10/h4H,3H2,1-2H3. The Morgan fingerprint density at radius 2 is 2.45 bits per heavy atom. The Bertz CT molecular complexity index is 280. The number of aromatic carboxylic acids is 1. The molecule has 1 aromatic heterocycles. The van der Waals surface area contributed by atoms with Gasteiger partial charge in [0.2, 0.25) is 0 Å². The predicted molar refractivity (Wildman–Crippen MR) is 39.3 cm³/mol. The lowest BCUT2D eigenvalue weighted by Gasteiger charge is -1.95. The zero-order valence-electron chi connectivity index (χ0n) is 6.46. The van der Waals surface area contributed by atoms with Gasteiger partial charge in [-0.15, -0.1) is 0 Å². The maximum Gasteiger partial charge on any atom is 0.285 e. The summed E-state index contributed by atoms with van der Waals surface area (Å²) in [6.45, 7) is 4.47. The van der Waals surface area contributed by atoms with E-state index >= 15 is 0 Å². The molecule has 11 heavy (non-hydrogen) atoms. The highest BCUT2D eigenvalue weighted by molar-refractivity contribution is 7.11. The average molecular weight is 171 g/mol. The van der Waals surface area contributed by atoms with Crippen LogP contribution in [0.25, 0.3) is 0 Å². The molecule has 1 heterocycles. The number of hydrogen-bond acceptors (Lipinski definition) is 3. The minimum atomic E-state index is -1.09. The van der Waals surface area contributed by atoms with E-state index in [1.54, 1.807) is 4.57 Å². The molecule has 0 saturated heterocycles. The van der Waals surface area contributed by atoms with E-state index in [2.05, 4.69) is 0 Å². The molecule has 0 amide bonds. The Labute approximate surface area is 68.9 Å². The van der Waals surface area contributed by atoms with Crippen molar-refractivity contribution in [1.82, 2.24) is 0 Å². The number of carbonyl (C=O) groups is 1. The van der Waals surface area contributed by atoms with Crippen LogP contribution in [-0.4, -0.2) is 5.97 Å². The molecule has 0 aromatic carbocycles. The number of nitrogens with zero attached hydrogens (tertiary/aromatic N) is 1. The summed E-state index contributed by atoms with van der Waals surface area (Å²) in [6.07, 6.45) is 0. The molecule has 0 bridgehead atoms.